The minimum atomic E-state index is 0.659. The Hall–Kier alpha value is -1.83. The molecule has 0 aliphatic carbocycles. The second-order valence-electron chi connectivity index (χ2n) is 7.22. The summed E-state index contributed by atoms with van der Waals surface area (Å²) in [5.74, 6) is 0.872. The lowest BCUT2D eigenvalue weighted by molar-refractivity contribution is 0.414. The van der Waals surface area contributed by atoms with Gasteiger partial charge >= 0.3 is 0 Å². The summed E-state index contributed by atoms with van der Waals surface area (Å²) >= 11 is 14.4. The Kier molecular flexibility index (Phi) is 6.80. The molecular weight excluding hydrogens is 437 g/mol. The number of anilines is 1. The summed E-state index contributed by atoms with van der Waals surface area (Å²) in [4.78, 5) is 12.1. The third kappa shape index (κ3) is 4.90. The smallest absolute Gasteiger partial charge is 0.147 e. The molecule has 1 aliphatic rings. The summed E-state index contributed by atoms with van der Waals surface area (Å²) in [6, 6.07) is 15.4. The Balaban J connectivity index is 1.69. The predicted octanol–water partition coefficient (Wildman–Crippen LogP) is 5.36. The maximum atomic E-state index is 6.53. The van der Waals surface area contributed by atoms with E-state index in [1.165, 1.54) is 0 Å². The van der Waals surface area contributed by atoms with E-state index in [1.807, 2.05) is 54.7 Å². The van der Waals surface area contributed by atoms with Crippen LogP contribution in [0, 0.1) is 0 Å². The average molecular weight is 460 g/mol. The Morgan fingerprint density at radius 1 is 0.900 bits per heavy atom. The fraction of sp³-hybridized carbons (Fsp3) is 0.273. The van der Waals surface area contributed by atoms with E-state index < -0.39 is 0 Å². The van der Waals surface area contributed by atoms with Gasteiger partial charge in [-0.15, -0.1) is 0 Å². The molecule has 8 heteroatoms. The topological polar surface area (TPSA) is 35.5 Å². The summed E-state index contributed by atoms with van der Waals surface area (Å²) in [5, 5.41) is 1.35. The molecule has 0 spiro atoms. The summed E-state index contributed by atoms with van der Waals surface area (Å²) in [6.07, 6.45) is 1.86. The van der Waals surface area contributed by atoms with Crippen molar-refractivity contribution in [1.29, 1.82) is 0 Å². The van der Waals surface area contributed by atoms with Crippen molar-refractivity contribution in [2.24, 2.45) is 0 Å². The van der Waals surface area contributed by atoms with Gasteiger partial charge in [0.15, 0.2) is 0 Å². The van der Waals surface area contributed by atoms with Gasteiger partial charge in [0.25, 0.3) is 0 Å². The van der Waals surface area contributed by atoms with Crippen LogP contribution in [0.15, 0.2) is 54.7 Å². The van der Waals surface area contributed by atoms with E-state index in [1.54, 1.807) is 12.1 Å². The molecule has 0 atom stereocenters. The fourth-order valence-corrected chi connectivity index (χ4v) is 4.56. The highest BCUT2D eigenvalue weighted by Gasteiger charge is 2.22. The monoisotopic (exact) mass is 459 g/mol. The lowest BCUT2D eigenvalue weighted by Gasteiger charge is -2.35. The van der Waals surface area contributed by atoms with Gasteiger partial charge in [-0.25, -0.2) is 13.6 Å². The van der Waals surface area contributed by atoms with Crippen molar-refractivity contribution in [3.05, 3.63) is 64.8 Å². The first-order valence-electron chi connectivity index (χ1n) is 9.74. The highest BCUT2D eigenvalue weighted by molar-refractivity contribution is 7.94. The zero-order valence-corrected chi connectivity index (χ0v) is 19.3. The van der Waals surface area contributed by atoms with E-state index in [-0.39, 0.29) is 0 Å². The zero-order valence-electron chi connectivity index (χ0n) is 16.9. The molecule has 1 fully saturated rings. The Bertz CT molecular complexity index is 1000. The summed E-state index contributed by atoms with van der Waals surface area (Å²) in [7, 11) is 4.13. The SMILES string of the molecule is CN(C)SN1CCN(c2cnc(-c3ccc(Cl)cc3)c(-c3ccccc3Cl)n2)CC1. The van der Waals surface area contributed by atoms with Gasteiger partial charge in [-0.3, -0.25) is 4.98 Å². The minimum Gasteiger partial charge on any atom is -0.353 e. The van der Waals surface area contributed by atoms with E-state index in [0.717, 1.165) is 54.5 Å². The van der Waals surface area contributed by atoms with Crippen LogP contribution in [-0.4, -0.2) is 58.9 Å². The number of aromatic nitrogens is 2. The largest absolute Gasteiger partial charge is 0.353 e. The molecule has 0 N–H and O–H groups in total. The maximum Gasteiger partial charge on any atom is 0.147 e. The van der Waals surface area contributed by atoms with Gasteiger partial charge in [0.1, 0.15) is 11.5 Å². The molecule has 1 saturated heterocycles. The molecule has 30 heavy (non-hydrogen) atoms. The first-order valence-corrected chi connectivity index (χ1v) is 11.2. The third-order valence-corrected chi connectivity index (χ3v) is 6.35. The fourth-order valence-electron chi connectivity index (χ4n) is 3.42. The normalized spacial score (nSPS) is 15.0. The molecule has 0 saturated carbocycles. The molecule has 0 bridgehead atoms. The second-order valence-corrected chi connectivity index (χ2v) is 9.48. The second kappa shape index (κ2) is 9.54. The molecule has 5 nitrogen and oxygen atoms in total. The number of nitrogens with zero attached hydrogens (tertiary/aromatic N) is 5. The quantitative estimate of drug-likeness (QED) is 0.477. The highest BCUT2D eigenvalue weighted by atomic mass is 35.5. The minimum absolute atomic E-state index is 0.659. The molecule has 1 aromatic heterocycles. The van der Waals surface area contributed by atoms with Crippen molar-refractivity contribution in [2.75, 3.05) is 45.2 Å². The highest BCUT2D eigenvalue weighted by Crippen LogP contribution is 2.35. The molecule has 0 amide bonds. The van der Waals surface area contributed by atoms with E-state index in [0.29, 0.717) is 10.0 Å². The Morgan fingerprint density at radius 3 is 2.27 bits per heavy atom. The van der Waals surface area contributed by atoms with Crippen LogP contribution in [-0.2, 0) is 0 Å². The van der Waals surface area contributed by atoms with Crippen molar-refractivity contribution < 1.29 is 0 Å². The molecule has 3 aromatic rings. The summed E-state index contributed by atoms with van der Waals surface area (Å²) < 4.78 is 4.48. The van der Waals surface area contributed by atoms with Gasteiger partial charge < -0.3 is 4.90 Å². The Morgan fingerprint density at radius 2 is 1.60 bits per heavy atom. The molecule has 2 heterocycles. The summed E-state index contributed by atoms with van der Waals surface area (Å²) in [6.45, 7) is 3.73. The number of hydrogen-bond donors (Lipinski definition) is 0. The predicted molar refractivity (Wildman–Crippen MR) is 128 cm³/mol. The van der Waals surface area contributed by atoms with Crippen molar-refractivity contribution >= 4 is 41.2 Å². The lowest BCUT2D eigenvalue weighted by Crippen LogP contribution is -2.44. The molecular formula is C22H23Cl2N5S. The first-order chi connectivity index (χ1) is 14.5. The molecule has 0 unspecified atom stereocenters. The number of piperazine rings is 1. The van der Waals surface area contributed by atoms with Crippen LogP contribution in [0.3, 0.4) is 0 Å². The maximum absolute atomic E-state index is 6.53. The van der Waals surface area contributed by atoms with Gasteiger partial charge in [-0.2, -0.15) is 0 Å². The van der Waals surface area contributed by atoms with E-state index in [9.17, 15) is 0 Å². The van der Waals surface area contributed by atoms with E-state index >= 15 is 0 Å². The molecule has 0 radical (unpaired) electrons. The van der Waals surface area contributed by atoms with E-state index in [2.05, 4.69) is 27.6 Å². The van der Waals surface area contributed by atoms with Crippen molar-refractivity contribution in [1.82, 2.24) is 18.6 Å². The van der Waals surface area contributed by atoms with Gasteiger partial charge in [0.2, 0.25) is 0 Å². The van der Waals surface area contributed by atoms with Crippen LogP contribution in [0.1, 0.15) is 0 Å². The average Bonchev–Trinajstić information content (AvgIpc) is 2.75. The van der Waals surface area contributed by atoms with Crippen LogP contribution in [0.25, 0.3) is 22.5 Å². The lowest BCUT2D eigenvalue weighted by atomic mass is 10.0. The Labute approximate surface area is 191 Å². The molecule has 2 aromatic carbocycles. The number of hydrogen-bond acceptors (Lipinski definition) is 6. The molecule has 1 aliphatic heterocycles. The third-order valence-electron chi connectivity index (χ3n) is 4.85. The number of rotatable bonds is 5. The zero-order chi connectivity index (χ0) is 21.1. The van der Waals surface area contributed by atoms with E-state index in [4.69, 9.17) is 33.2 Å². The van der Waals surface area contributed by atoms with Gasteiger partial charge in [0.05, 0.1) is 16.9 Å². The molecule has 156 valence electrons. The number of benzene rings is 2. The van der Waals surface area contributed by atoms with Crippen LogP contribution in [0.4, 0.5) is 5.82 Å². The van der Waals surface area contributed by atoms with Crippen molar-refractivity contribution in [3.63, 3.8) is 0 Å². The molecule has 4 rings (SSSR count). The van der Waals surface area contributed by atoms with Crippen LogP contribution in [0.2, 0.25) is 10.0 Å². The summed E-state index contributed by atoms with van der Waals surface area (Å²) in [5.41, 5.74) is 3.41. The van der Waals surface area contributed by atoms with Gasteiger partial charge in [-0.05, 0) is 32.3 Å². The van der Waals surface area contributed by atoms with Crippen LogP contribution >= 0.6 is 35.3 Å². The van der Waals surface area contributed by atoms with Gasteiger partial charge in [-0.1, -0.05) is 53.5 Å². The number of halogens is 2. The van der Waals surface area contributed by atoms with Gasteiger partial charge in [0, 0.05) is 54.5 Å². The van der Waals surface area contributed by atoms with Crippen LogP contribution < -0.4 is 4.90 Å². The van der Waals surface area contributed by atoms with Crippen molar-refractivity contribution in [3.8, 4) is 22.5 Å². The van der Waals surface area contributed by atoms with Crippen LogP contribution in [0.5, 0.6) is 0 Å². The first kappa shape index (κ1) is 21.4. The van der Waals surface area contributed by atoms with Crippen molar-refractivity contribution in [2.45, 2.75) is 0 Å². The standard InChI is InChI=1S/C22H23Cl2N5S/c1-27(2)30-29-13-11-28(12-14-29)20-15-25-21(16-7-9-17(23)10-8-16)22(26-20)18-5-3-4-6-19(18)24/h3-10,15H,11-14H2,1-2H3.